The third kappa shape index (κ3) is 10.6. The van der Waals surface area contributed by atoms with Crippen molar-refractivity contribution in [3.63, 3.8) is 0 Å². The van der Waals surface area contributed by atoms with E-state index in [2.05, 4.69) is 48.5 Å². The molecule has 0 unspecified atom stereocenters. The van der Waals surface area contributed by atoms with Gasteiger partial charge in [-0.2, -0.15) is 0 Å². The van der Waals surface area contributed by atoms with Gasteiger partial charge in [-0.15, -0.1) is 0 Å². The number of benzene rings is 1. The summed E-state index contributed by atoms with van der Waals surface area (Å²) in [5, 5.41) is 10.8. The van der Waals surface area contributed by atoms with Crippen LogP contribution in [0.3, 0.4) is 0 Å². The Morgan fingerprint density at radius 1 is 0.774 bits per heavy atom. The monoisotopic (exact) mass is 432 g/mol. The quantitative estimate of drug-likeness (QED) is 0.254. The minimum Gasteiger partial charge on any atom is -0.507 e. The molecule has 0 bridgehead atoms. The van der Waals surface area contributed by atoms with Gasteiger partial charge in [0.1, 0.15) is 5.75 Å². The van der Waals surface area contributed by atoms with Crippen LogP contribution in [-0.4, -0.2) is 17.7 Å². The number of phenolic OH excluding ortho intramolecular Hbond substituents is 1. The van der Waals surface area contributed by atoms with E-state index in [1.807, 2.05) is 12.1 Å². The summed E-state index contributed by atoms with van der Waals surface area (Å²) in [4.78, 5) is 12.4. The molecule has 0 aromatic heterocycles. The Bertz CT molecular complexity index is 627. The molecule has 0 radical (unpaired) electrons. The van der Waals surface area contributed by atoms with Crippen LogP contribution in [0.1, 0.15) is 129 Å². The second kappa shape index (κ2) is 13.1. The number of carbonyl (C=O) groups is 1. The highest BCUT2D eigenvalue weighted by Gasteiger charge is 2.27. The number of phenols is 1. The number of unbranched alkanes of at least 4 members (excludes halogenated alkanes) is 9. The van der Waals surface area contributed by atoms with Gasteiger partial charge in [0.25, 0.3) is 0 Å². The molecule has 0 aliphatic heterocycles. The molecule has 0 aliphatic carbocycles. The first-order valence-electron chi connectivity index (χ1n) is 12.5. The molecular formula is C28H48O3. The van der Waals surface area contributed by atoms with E-state index >= 15 is 0 Å². The molecule has 1 rings (SSSR count). The van der Waals surface area contributed by atoms with Crippen LogP contribution < -0.4 is 0 Å². The maximum atomic E-state index is 12.4. The van der Waals surface area contributed by atoms with Crippen LogP contribution in [0, 0.1) is 0 Å². The van der Waals surface area contributed by atoms with E-state index in [1.54, 1.807) is 0 Å². The van der Waals surface area contributed by atoms with Crippen LogP contribution in [0.25, 0.3) is 0 Å². The smallest absolute Gasteiger partial charge is 0.310 e. The lowest BCUT2D eigenvalue weighted by atomic mass is 9.78. The lowest BCUT2D eigenvalue weighted by molar-refractivity contribution is -0.142. The van der Waals surface area contributed by atoms with Gasteiger partial charge in [0.05, 0.1) is 13.0 Å². The number of carbonyl (C=O) groups excluding carboxylic acids is 1. The molecule has 0 fully saturated rings. The third-order valence-corrected chi connectivity index (χ3v) is 5.90. The molecule has 3 nitrogen and oxygen atoms in total. The second-order valence-corrected chi connectivity index (χ2v) is 11.1. The molecule has 1 N–H and O–H groups in total. The van der Waals surface area contributed by atoms with E-state index in [-0.39, 0.29) is 23.2 Å². The summed E-state index contributed by atoms with van der Waals surface area (Å²) in [6.45, 7) is 15.3. The third-order valence-electron chi connectivity index (χ3n) is 5.90. The number of hydrogen-bond acceptors (Lipinski definition) is 3. The van der Waals surface area contributed by atoms with E-state index in [0.717, 1.165) is 29.5 Å². The number of hydrogen-bond donors (Lipinski definition) is 1. The van der Waals surface area contributed by atoms with Crippen molar-refractivity contribution in [2.45, 2.75) is 130 Å². The second-order valence-electron chi connectivity index (χ2n) is 11.1. The molecule has 0 amide bonds. The van der Waals surface area contributed by atoms with Crippen LogP contribution in [0.5, 0.6) is 5.75 Å². The summed E-state index contributed by atoms with van der Waals surface area (Å²) >= 11 is 0. The highest BCUT2D eigenvalue weighted by atomic mass is 16.5. The Kier molecular flexibility index (Phi) is 11.7. The fourth-order valence-electron chi connectivity index (χ4n) is 3.93. The summed E-state index contributed by atoms with van der Waals surface area (Å²) in [5.74, 6) is 0.170. The zero-order valence-corrected chi connectivity index (χ0v) is 21.4. The Hall–Kier alpha value is -1.51. The first-order chi connectivity index (χ1) is 14.5. The largest absolute Gasteiger partial charge is 0.507 e. The lowest BCUT2D eigenvalue weighted by Crippen LogP contribution is -2.19. The van der Waals surface area contributed by atoms with Crippen molar-refractivity contribution in [1.29, 1.82) is 0 Å². The highest BCUT2D eigenvalue weighted by molar-refractivity contribution is 5.73. The van der Waals surface area contributed by atoms with Crippen molar-refractivity contribution in [3.05, 3.63) is 28.8 Å². The van der Waals surface area contributed by atoms with Gasteiger partial charge in [-0.25, -0.2) is 0 Å². The minimum atomic E-state index is -0.194. The van der Waals surface area contributed by atoms with E-state index in [4.69, 9.17) is 4.74 Å². The lowest BCUT2D eigenvalue weighted by Gasteiger charge is -2.28. The topological polar surface area (TPSA) is 46.5 Å². The van der Waals surface area contributed by atoms with Gasteiger partial charge < -0.3 is 9.84 Å². The number of ether oxygens (including phenoxy) is 1. The number of rotatable bonds is 13. The number of aromatic hydroxyl groups is 1. The molecular weight excluding hydrogens is 384 g/mol. The molecule has 1 aromatic carbocycles. The molecule has 0 heterocycles. The van der Waals surface area contributed by atoms with E-state index in [0.29, 0.717) is 12.4 Å². The molecule has 0 atom stereocenters. The Morgan fingerprint density at radius 3 is 1.61 bits per heavy atom. The van der Waals surface area contributed by atoms with Crippen LogP contribution >= 0.6 is 0 Å². The van der Waals surface area contributed by atoms with Crippen molar-refractivity contribution >= 4 is 5.97 Å². The van der Waals surface area contributed by atoms with Crippen LogP contribution in [0.15, 0.2) is 12.1 Å². The van der Waals surface area contributed by atoms with E-state index in [1.165, 1.54) is 51.4 Å². The fourth-order valence-corrected chi connectivity index (χ4v) is 3.93. The molecule has 0 aliphatic rings. The SMILES string of the molecule is CCCCCCCCCCCCOC(=O)Cc1cc(C(C)(C)C)c(O)c(C(C)(C)C)c1. The van der Waals surface area contributed by atoms with Gasteiger partial charge in [-0.3, -0.25) is 4.79 Å². The van der Waals surface area contributed by atoms with Crippen molar-refractivity contribution in [2.75, 3.05) is 6.61 Å². The average Bonchev–Trinajstić information content (AvgIpc) is 2.65. The summed E-state index contributed by atoms with van der Waals surface area (Å²) < 4.78 is 5.50. The summed E-state index contributed by atoms with van der Waals surface area (Å²) in [7, 11) is 0. The standard InChI is InChI=1S/C28H48O3/c1-8-9-10-11-12-13-14-15-16-17-18-31-25(29)21-22-19-23(27(2,3)4)26(30)24(20-22)28(5,6)7/h19-20,30H,8-18,21H2,1-7H3. The normalized spacial score (nSPS) is 12.2. The van der Waals surface area contributed by atoms with Crippen molar-refractivity contribution in [3.8, 4) is 5.75 Å². The first kappa shape index (κ1) is 27.5. The Labute approximate surface area is 192 Å². The molecule has 0 saturated carbocycles. The molecule has 1 aromatic rings. The predicted octanol–water partition coefficient (Wildman–Crippen LogP) is 7.99. The van der Waals surface area contributed by atoms with Crippen molar-refractivity contribution in [2.24, 2.45) is 0 Å². The van der Waals surface area contributed by atoms with Crippen LogP contribution in [-0.2, 0) is 26.8 Å². The summed E-state index contributed by atoms with van der Waals surface area (Å²) in [6, 6.07) is 3.93. The maximum Gasteiger partial charge on any atom is 0.310 e. The average molecular weight is 433 g/mol. The first-order valence-corrected chi connectivity index (χ1v) is 12.5. The van der Waals surface area contributed by atoms with Gasteiger partial charge in [0, 0.05) is 0 Å². The Morgan fingerprint density at radius 2 is 1.19 bits per heavy atom. The van der Waals surface area contributed by atoms with Gasteiger partial charge in [-0.1, -0.05) is 118 Å². The van der Waals surface area contributed by atoms with Crippen molar-refractivity contribution in [1.82, 2.24) is 0 Å². The maximum absolute atomic E-state index is 12.4. The molecule has 178 valence electrons. The summed E-state index contributed by atoms with van der Waals surface area (Å²) in [5.41, 5.74) is 2.30. The molecule has 31 heavy (non-hydrogen) atoms. The fraction of sp³-hybridized carbons (Fsp3) is 0.750. The van der Waals surface area contributed by atoms with E-state index in [9.17, 15) is 9.90 Å². The zero-order chi connectivity index (χ0) is 23.5. The van der Waals surface area contributed by atoms with Gasteiger partial charge in [-0.05, 0) is 33.9 Å². The summed E-state index contributed by atoms with van der Waals surface area (Å²) in [6.07, 6.45) is 13.0. The minimum absolute atomic E-state index is 0.179. The van der Waals surface area contributed by atoms with Gasteiger partial charge in [0.15, 0.2) is 0 Å². The molecule has 3 heteroatoms. The molecule has 0 spiro atoms. The zero-order valence-electron chi connectivity index (χ0n) is 21.4. The molecule has 0 saturated heterocycles. The van der Waals surface area contributed by atoms with Crippen molar-refractivity contribution < 1.29 is 14.6 Å². The Balaban J connectivity index is 2.45. The predicted molar refractivity (Wildman–Crippen MR) is 132 cm³/mol. The van der Waals surface area contributed by atoms with Crippen LogP contribution in [0.2, 0.25) is 0 Å². The van der Waals surface area contributed by atoms with Gasteiger partial charge in [0.2, 0.25) is 0 Å². The van der Waals surface area contributed by atoms with Gasteiger partial charge >= 0.3 is 5.97 Å². The highest BCUT2D eigenvalue weighted by Crippen LogP contribution is 2.39. The van der Waals surface area contributed by atoms with Crippen LogP contribution in [0.4, 0.5) is 0 Å². The van der Waals surface area contributed by atoms with E-state index < -0.39 is 0 Å². The number of esters is 1.